The molecule has 2 unspecified atom stereocenters. The first kappa shape index (κ1) is 12.8. The number of morpholine rings is 1. The molecule has 0 radical (unpaired) electrons. The molecule has 6 nitrogen and oxygen atoms in total. The minimum atomic E-state index is -0.0158. The van der Waals surface area contributed by atoms with Crippen LogP contribution >= 0.6 is 0 Å². The number of aromatic nitrogens is 2. The van der Waals surface area contributed by atoms with Crippen molar-refractivity contribution >= 4 is 16.9 Å². The van der Waals surface area contributed by atoms with Gasteiger partial charge in [-0.15, -0.1) is 0 Å². The molecule has 2 aliphatic rings. The number of amides is 1. The Bertz CT molecular complexity index is 683. The molecule has 2 fully saturated rings. The second-order valence-electron chi connectivity index (χ2n) is 5.78. The van der Waals surface area contributed by atoms with Crippen LogP contribution < -0.4 is 0 Å². The lowest BCUT2D eigenvalue weighted by molar-refractivity contribution is -0.0368. The number of nitrogens with zero attached hydrogens (tertiary/aromatic N) is 3. The van der Waals surface area contributed by atoms with E-state index in [4.69, 9.17) is 4.74 Å². The fourth-order valence-corrected chi connectivity index (χ4v) is 3.24. The number of pyridine rings is 1. The number of ether oxygens (including phenoxy) is 1. The van der Waals surface area contributed by atoms with Crippen molar-refractivity contribution in [3.63, 3.8) is 0 Å². The van der Waals surface area contributed by atoms with Crippen molar-refractivity contribution < 1.29 is 9.53 Å². The van der Waals surface area contributed by atoms with Gasteiger partial charge in [0.25, 0.3) is 5.91 Å². The van der Waals surface area contributed by atoms with E-state index in [0.29, 0.717) is 24.8 Å². The second kappa shape index (κ2) is 4.82. The van der Waals surface area contributed by atoms with Crippen molar-refractivity contribution in [1.82, 2.24) is 19.8 Å². The third-order valence-electron chi connectivity index (χ3n) is 4.49. The van der Waals surface area contributed by atoms with E-state index in [9.17, 15) is 4.79 Å². The van der Waals surface area contributed by atoms with E-state index in [1.807, 2.05) is 23.2 Å². The van der Waals surface area contributed by atoms with Crippen molar-refractivity contribution in [2.24, 2.45) is 0 Å². The van der Waals surface area contributed by atoms with Crippen LogP contribution in [0, 0.1) is 0 Å². The van der Waals surface area contributed by atoms with Crippen LogP contribution in [0.3, 0.4) is 0 Å². The molecule has 2 aliphatic heterocycles. The van der Waals surface area contributed by atoms with Gasteiger partial charge in [0.15, 0.2) is 0 Å². The molecule has 2 aromatic rings. The highest BCUT2D eigenvalue weighted by Gasteiger charge is 2.40. The Labute approximate surface area is 122 Å². The van der Waals surface area contributed by atoms with Gasteiger partial charge in [0, 0.05) is 31.2 Å². The maximum atomic E-state index is 12.6. The first-order valence-corrected chi connectivity index (χ1v) is 7.27. The number of H-pyrrole nitrogens is 1. The maximum Gasteiger partial charge on any atom is 0.272 e. The second-order valence-corrected chi connectivity index (χ2v) is 5.78. The van der Waals surface area contributed by atoms with Crippen molar-refractivity contribution in [1.29, 1.82) is 0 Å². The number of hydrogen-bond donors (Lipinski definition) is 1. The minimum Gasteiger partial charge on any atom is -0.373 e. The molecule has 0 aromatic carbocycles. The smallest absolute Gasteiger partial charge is 0.272 e. The monoisotopic (exact) mass is 286 g/mol. The number of likely N-dealkylation sites (N-methyl/N-ethyl adjacent to an activating group) is 1. The van der Waals surface area contributed by atoms with Gasteiger partial charge in [-0.3, -0.25) is 9.69 Å². The van der Waals surface area contributed by atoms with Crippen LogP contribution in [0.15, 0.2) is 24.4 Å². The zero-order chi connectivity index (χ0) is 14.4. The van der Waals surface area contributed by atoms with Crippen LogP contribution in [0.4, 0.5) is 0 Å². The summed E-state index contributed by atoms with van der Waals surface area (Å²) >= 11 is 0. The Hall–Kier alpha value is -1.92. The molecule has 4 rings (SSSR count). The number of carbonyl (C=O) groups is 1. The van der Waals surface area contributed by atoms with Gasteiger partial charge in [0.1, 0.15) is 11.3 Å². The Kier molecular flexibility index (Phi) is 2.94. The number of rotatable bonds is 1. The predicted octanol–water partition coefficient (Wildman–Crippen LogP) is 0.718. The molecule has 1 N–H and O–H groups in total. The third kappa shape index (κ3) is 2.11. The summed E-state index contributed by atoms with van der Waals surface area (Å²) in [7, 11) is 2.09. The van der Waals surface area contributed by atoms with E-state index in [1.165, 1.54) is 0 Å². The van der Waals surface area contributed by atoms with Crippen LogP contribution in [-0.4, -0.2) is 71.1 Å². The SMILES string of the molecule is CN1CCOC2CN(C(=O)c3ccc4cc[nH]c4n3)CC21. The lowest BCUT2D eigenvalue weighted by Crippen LogP contribution is -2.48. The van der Waals surface area contributed by atoms with Crippen LogP contribution in [0.1, 0.15) is 10.5 Å². The van der Waals surface area contributed by atoms with Gasteiger partial charge in [0.05, 0.1) is 18.8 Å². The largest absolute Gasteiger partial charge is 0.373 e. The molecule has 0 bridgehead atoms. The summed E-state index contributed by atoms with van der Waals surface area (Å²) in [6.45, 7) is 3.03. The zero-order valence-electron chi connectivity index (χ0n) is 12.0. The standard InChI is InChI=1S/C15H18N4O2/c1-18-6-7-21-13-9-19(8-12(13)18)15(20)11-3-2-10-4-5-16-14(10)17-11/h2-5,12-13H,6-9H2,1H3,(H,16,17). The molecule has 0 spiro atoms. The maximum absolute atomic E-state index is 12.6. The fourth-order valence-electron chi connectivity index (χ4n) is 3.24. The lowest BCUT2D eigenvalue weighted by atomic mass is 10.1. The molecule has 2 atom stereocenters. The molecule has 2 aromatic heterocycles. The number of carbonyl (C=O) groups excluding carboxylic acids is 1. The lowest BCUT2D eigenvalue weighted by Gasteiger charge is -2.33. The molecule has 0 saturated carbocycles. The summed E-state index contributed by atoms with van der Waals surface area (Å²) in [6, 6.07) is 5.98. The van der Waals surface area contributed by atoms with Gasteiger partial charge in [0.2, 0.25) is 0 Å². The normalized spacial score (nSPS) is 26.2. The predicted molar refractivity (Wildman–Crippen MR) is 78.2 cm³/mol. The molecule has 4 heterocycles. The highest BCUT2D eigenvalue weighted by atomic mass is 16.5. The van der Waals surface area contributed by atoms with E-state index < -0.39 is 0 Å². The molecule has 6 heteroatoms. The van der Waals surface area contributed by atoms with Crippen LogP contribution in [0.2, 0.25) is 0 Å². The Morgan fingerprint density at radius 3 is 3.14 bits per heavy atom. The van der Waals surface area contributed by atoms with Gasteiger partial charge in [-0.1, -0.05) is 0 Å². The number of fused-ring (bicyclic) bond motifs is 2. The van der Waals surface area contributed by atoms with Gasteiger partial charge in [-0.2, -0.15) is 0 Å². The van der Waals surface area contributed by atoms with Gasteiger partial charge >= 0.3 is 0 Å². The van der Waals surface area contributed by atoms with Crippen molar-refractivity contribution in [2.45, 2.75) is 12.1 Å². The zero-order valence-corrected chi connectivity index (χ0v) is 12.0. The Balaban J connectivity index is 1.57. The highest BCUT2D eigenvalue weighted by Crippen LogP contribution is 2.23. The molecular weight excluding hydrogens is 268 g/mol. The van der Waals surface area contributed by atoms with Crippen LogP contribution in [0.5, 0.6) is 0 Å². The first-order chi connectivity index (χ1) is 10.2. The summed E-state index contributed by atoms with van der Waals surface area (Å²) in [5, 5.41) is 1.02. The summed E-state index contributed by atoms with van der Waals surface area (Å²) < 4.78 is 5.78. The van der Waals surface area contributed by atoms with E-state index in [2.05, 4.69) is 21.9 Å². The third-order valence-corrected chi connectivity index (χ3v) is 4.49. The average Bonchev–Trinajstić information content (AvgIpc) is 3.12. The number of likely N-dealkylation sites (tertiary alicyclic amines) is 1. The molecule has 110 valence electrons. The van der Waals surface area contributed by atoms with Gasteiger partial charge in [-0.05, 0) is 25.2 Å². The number of hydrogen-bond acceptors (Lipinski definition) is 4. The van der Waals surface area contributed by atoms with E-state index in [1.54, 1.807) is 6.07 Å². The minimum absolute atomic E-state index is 0.0158. The molecule has 1 amide bonds. The average molecular weight is 286 g/mol. The molecule has 21 heavy (non-hydrogen) atoms. The topological polar surface area (TPSA) is 61.5 Å². The summed E-state index contributed by atoms with van der Waals surface area (Å²) in [5.74, 6) is -0.0158. The van der Waals surface area contributed by atoms with Crippen LogP contribution in [0.25, 0.3) is 11.0 Å². The van der Waals surface area contributed by atoms with Gasteiger partial charge < -0.3 is 14.6 Å². The van der Waals surface area contributed by atoms with Gasteiger partial charge in [-0.25, -0.2) is 4.98 Å². The van der Waals surface area contributed by atoms with Crippen molar-refractivity contribution in [3.8, 4) is 0 Å². The van der Waals surface area contributed by atoms with E-state index in [-0.39, 0.29) is 12.0 Å². The summed E-state index contributed by atoms with van der Waals surface area (Å²) in [6.07, 6.45) is 1.96. The van der Waals surface area contributed by atoms with Crippen molar-refractivity contribution in [2.75, 3.05) is 33.3 Å². The Morgan fingerprint density at radius 1 is 1.38 bits per heavy atom. The first-order valence-electron chi connectivity index (χ1n) is 7.27. The fraction of sp³-hybridized carbons (Fsp3) is 0.467. The van der Waals surface area contributed by atoms with Crippen molar-refractivity contribution in [3.05, 3.63) is 30.1 Å². The number of nitrogens with one attached hydrogen (secondary N) is 1. The van der Waals surface area contributed by atoms with Crippen LogP contribution in [-0.2, 0) is 4.74 Å². The van der Waals surface area contributed by atoms with E-state index >= 15 is 0 Å². The molecule has 0 aliphatic carbocycles. The molecular formula is C15H18N4O2. The van der Waals surface area contributed by atoms with E-state index in [0.717, 1.165) is 24.2 Å². The summed E-state index contributed by atoms with van der Waals surface area (Å²) in [5.41, 5.74) is 1.25. The summed E-state index contributed by atoms with van der Waals surface area (Å²) in [4.78, 5) is 24.2. The number of aromatic amines is 1. The molecule has 2 saturated heterocycles. The Morgan fingerprint density at radius 2 is 2.29 bits per heavy atom. The quantitative estimate of drug-likeness (QED) is 0.839. The highest BCUT2D eigenvalue weighted by molar-refractivity contribution is 5.94.